The molecule has 0 spiro atoms. The van der Waals surface area contributed by atoms with Gasteiger partial charge in [-0.1, -0.05) is 12.1 Å². The molecule has 6 heteroatoms. The number of anilines is 2. The molecule has 0 aliphatic rings. The van der Waals surface area contributed by atoms with Gasteiger partial charge in [-0.25, -0.2) is 0 Å². The number of hydrogen-bond donors (Lipinski definition) is 1. The highest BCUT2D eigenvalue weighted by Crippen LogP contribution is 2.33. The van der Waals surface area contributed by atoms with Gasteiger partial charge < -0.3 is 15.4 Å². The molecule has 0 aromatic heterocycles. The van der Waals surface area contributed by atoms with Gasteiger partial charge in [-0.15, -0.1) is 13.2 Å². The first-order valence-corrected chi connectivity index (χ1v) is 6.19. The third-order valence-electron chi connectivity index (χ3n) is 2.90. The summed E-state index contributed by atoms with van der Waals surface area (Å²) in [6, 6.07) is 11.1. The number of nitrogens with zero attached hydrogens (tertiary/aromatic N) is 1. The van der Waals surface area contributed by atoms with E-state index in [2.05, 4.69) is 4.74 Å². The Bertz CT molecular complexity index is 622. The van der Waals surface area contributed by atoms with E-state index >= 15 is 0 Å². The summed E-state index contributed by atoms with van der Waals surface area (Å²) >= 11 is 0. The van der Waals surface area contributed by atoms with Gasteiger partial charge in [0.05, 0.1) is 0 Å². The number of nitrogens with two attached hydrogens (primary N) is 1. The number of hydrogen-bond acceptors (Lipinski definition) is 3. The van der Waals surface area contributed by atoms with Crippen molar-refractivity contribution < 1.29 is 17.9 Å². The van der Waals surface area contributed by atoms with Gasteiger partial charge in [0.1, 0.15) is 5.75 Å². The zero-order chi connectivity index (χ0) is 15.6. The zero-order valence-electron chi connectivity index (χ0n) is 11.6. The summed E-state index contributed by atoms with van der Waals surface area (Å²) in [5.74, 6) is -0.249. The van der Waals surface area contributed by atoms with Gasteiger partial charge in [0.2, 0.25) is 0 Å². The number of alkyl halides is 3. The minimum absolute atomic E-state index is 0.249. The summed E-state index contributed by atoms with van der Waals surface area (Å²) in [7, 11) is 3.77. The van der Waals surface area contributed by atoms with Gasteiger partial charge in [0.15, 0.2) is 0 Å². The molecular weight excluding hydrogens is 281 g/mol. The van der Waals surface area contributed by atoms with E-state index in [9.17, 15) is 13.2 Å². The van der Waals surface area contributed by atoms with E-state index in [1.165, 1.54) is 12.1 Å². The fourth-order valence-corrected chi connectivity index (χ4v) is 2.01. The molecule has 3 nitrogen and oxygen atoms in total. The summed E-state index contributed by atoms with van der Waals surface area (Å²) in [5, 5.41) is 0. The van der Waals surface area contributed by atoms with E-state index in [1.54, 1.807) is 24.3 Å². The van der Waals surface area contributed by atoms with Gasteiger partial charge in [-0.05, 0) is 35.9 Å². The summed E-state index contributed by atoms with van der Waals surface area (Å²) in [6.07, 6.45) is -4.69. The average Bonchev–Trinajstić information content (AvgIpc) is 2.37. The fourth-order valence-electron chi connectivity index (χ4n) is 2.01. The molecule has 0 saturated heterocycles. The van der Waals surface area contributed by atoms with E-state index in [0.717, 1.165) is 16.8 Å². The largest absolute Gasteiger partial charge is 0.573 e. The van der Waals surface area contributed by atoms with Crippen LogP contribution in [0.5, 0.6) is 5.75 Å². The maximum absolute atomic E-state index is 12.1. The van der Waals surface area contributed by atoms with Crippen LogP contribution in [-0.4, -0.2) is 20.5 Å². The normalized spacial score (nSPS) is 11.3. The molecule has 0 aliphatic heterocycles. The molecule has 2 aromatic rings. The van der Waals surface area contributed by atoms with Crippen LogP contribution in [0.1, 0.15) is 0 Å². The molecular formula is C15H15F3N2O. The molecule has 0 saturated carbocycles. The van der Waals surface area contributed by atoms with Crippen LogP contribution >= 0.6 is 0 Å². The predicted octanol–water partition coefficient (Wildman–Crippen LogP) is 3.90. The van der Waals surface area contributed by atoms with Gasteiger partial charge in [-0.3, -0.25) is 0 Å². The van der Waals surface area contributed by atoms with Crippen LogP contribution in [0.3, 0.4) is 0 Å². The third-order valence-corrected chi connectivity index (χ3v) is 2.90. The first-order chi connectivity index (χ1) is 9.76. The highest BCUT2D eigenvalue weighted by atomic mass is 19.4. The Labute approximate surface area is 120 Å². The van der Waals surface area contributed by atoms with E-state index in [1.807, 2.05) is 25.1 Å². The molecule has 2 rings (SSSR count). The Hall–Kier alpha value is -2.37. The highest BCUT2D eigenvalue weighted by Gasteiger charge is 2.30. The molecule has 0 radical (unpaired) electrons. The lowest BCUT2D eigenvalue weighted by atomic mass is 10.0. The maximum atomic E-state index is 12.1. The van der Waals surface area contributed by atoms with Crippen LogP contribution in [0.2, 0.25) is 0 Å². The van der Waals surface area contributed by atoms with E-state index in [-0.39, 0.29) is 5.75 Å². The van der Waals surface area contributed by atoms with Crippen LogP contribution in [0.25, 0.3) is 11.1 Å². The predicted molar refractivity (Wildman–Crippen MR) is 77.3 cm³/mol. The van der Waals surface area contributed by atoms with Crippen molar-refractivity contribution in [1.82, 2.24) is 0 Å². The lowest BCUT2D eigenvalue weighted by Gasteiger charge is -2.18. The zero-order valence-corrected chi connectivity index (χ0v) is 11.6. The monoisotopic (exact) mass is 296 g/mol. The Balaban J connectivity index is 2.37. The molecule has 0 atom stereocenters. The lowest BCUT2D eigenvalue weighted by Crippen LogP contribution is -2.17. The SMILES string of the molecule is CN(C)c1ccc(N)cc1-c1ccc(OC(F)(F)F)cc1. The van der Waals surface area contributed by atoms with E-state index in [4.69, 9.17) is 5.73 Å². The second-order valence-corrected chi connectivity index (χ2v) is 4.74. The van der Waals surface area contributed by atoms with Gasteiger partial charge >= 0.3 is 6.36 Å². The summed E-state index contributed by atoms with van der Waals surface area (Å²) < 4.78 is 40.3. The van der Waals surface area contributed by atoms with Gasteiger partial charge in [0.25, 0.3) is 0 Å². The van der Waals surface area contributed by atoms with Crippen molar-refractivity contribution >= 4 is 11.4 Å². The number of nitrogen functional groups attached to an aromatic ring is 1. The van der Waals surface area contributed by atoms with Crippen molar-refractivity contribution in [3.63, 3.8) is 0 Å². The second-order valence-electron chi connectivity index (χ2n) is 4.74. The van der Waals surface area contributed by atoms with Crippen molar-refractivity contribution in [3.05, 3.63) is 42.5 Å². The van der Waals surface area contributed by atoms with Crippen molar-refractivity contribution in [2.24, 2.45) is 0 Å². The van der Waals surface area contributed by atoms with E-state index < -0.39 is 6.36 Å². The van der Waals surface area contributed by atoms with Crippen LogP contribution in [0, 0.1) is 0 Å². The number of benzene rings is 2. The summed E-state index contributed by atoms with van der Waals surface area (Å²) in [5.41, 5.74) is 8.91. The third kappa shape index (κ3) is 3.81. The van der Waals surface area contributed by atoms with E-state index in [0.29, 0.717) is 5.69 Å². The van der Waals surface area contributed by atoms with Gasteiger partial charge in [-0.2, -0.15) is 0 Å². The Morgan fingerprint density at radius 1 is 1.00 bits per heavy atom. The fraction of sp³-hybridized carbons (Fsp3) is 0.200. The van der Waals surface area contributed by atoms with Crippen molar-refractivity contribution in [1.29, 1.82) is 0 Å². The standard InChI is InChI=1S/C15H15F3N2O/c1-20(2)14-8-5-11(19)9-13(14)10-3-6-12(7-4-10)21-15(16,17)18/h3-9H,19H2,1-2H3. The van der Waals surface area contributed by atoms with Crippen LogP contribution < -0.4 is 15.4 Å². The van der Waals surface area contributed by atoms with Crippen LogP contribution in [0.4, 0.5) is 24.5 Å². The molecule has 0 bridgehead atoms. The first kappa shape index (κ1) is 15.0. The minimum atomic E-state index is -4.69. The first-order valence-electron chi connectivity index (χ1n) is 6.19. The molecule has 0 amide bonds. The molecule has 0 unspecified atom stereocenters. The maximum Gasteiger partial charge on any atom is 0.573 e. The average molecular weight is 296 g/mol. The topological polar surface area (TPSA) is 38.5 Å². The second kappa shape index (κ2) is 5.55. The Kier molecular flexibility index (Phi) is 3.97. The summed E-state index contributed by atoms with van der Waals surface area (Å²) in [6.45, 7) is 0. The smallest absolute Gasteiger partial charge is 0.406 e. The van der Waals surface area contributed by atoms with Crippen molar-refractivity contribution in [2.45, 2.75) is 6.36 Å². The molecule has 2 aromatic carbocycles. The molecule has 0 aliphatic carbocycles. The molecule has 0 fully saturated rings. The molecule has 21 heavy (non-hydrogen) atoms. The number of halogens is 3. The molecule has 0 heterocycles. The quantitative estimate of drug-likeness (QED) is 0.873. The molecule has 2 N–H and O–H groups in total. The van der Waals surface area contributed by atoms with Crippen LogP contribution in [0.15, 0.2) is 42.5 Å². The van der Waals surface area contributed by atoms with Crippen molar-refractivity contribution in [3.8, 4) is 16.9 Å². The van der Waals surface area contributed by atoms with Gasteiger partial charge in [0, 0.05) is 31.0 Å². The van der Waals surface area contributed by atoms with Crippen molar-refractivity contribution in [2.75, 3.05) is 24.7 Å². The lowest BCUT2D eigenvalue weighted by molar-refractivity contribution is -0.274. The highest BCUT2D eigenvalue weighted by molar-refractivity contribution is 5.81. The summed E-state index contributed by atoms with van der Waals surface area (Å²) in [4.78, 5) is 1.91. The molecule has 112 valence electrons. The Morgan fingerprint density at radius 2 is 1.62 bits per heavy atom. The number of ether oxygens (including phenoxy) is 1. The Morgan fingerprint density at radius 3 is 2.14 bits per heavy atom. The van der Waals surface area contributed by atoms with Crippen LogP contribution in [-0.2, 0) is 0 Å². The number of rotatable bonds is 3. The minimum Gasteiger partial charge on any atom is -0.406 e.